The van der Waals surface area contributed by atoms with Crippen LogP contribution in [0.1, 0.15) is 46.4 Å². The Bertz CT molecular complexity index is 2020. The fraction of sp³-hybridized carbons (Fsp3) is 0.333. The van der Waals surface area contributed by atoms with Crippen molar-refractivity contribution in [2.45, 2.75) is 19.8 Å². The molecule has 5 N–H and O–H groups in total. The van der Waals surface area contributed by atoms with Gasteiger partial charge in [-0.05, 0) is 57.7 Å². The molecule has 16 heteroatoms. The molecule has 0 spiro atoms. The molecule has 274 valence electrons. The van der Waals surface area contributed by atoms with Crippen molar-refractivity contribution in [3.63, 3.8) is 0 Å². The Morgan fingerprint density at radius 1 is 1.06 bits per heavy atom. The summed E-state index contributed by atoms with van der Waals surface area (Å²) in [6, 6.07) is 7.25. The number of nitrogens with two attached hydrogens (primary N) is 1. The lowest BCUT2D eigenvalue weighted by Crippen LogP contribution is -2.52. The van der Waals surface area contributed by atoms with E-state index in [1.54, 1.807) is 11.0 Å². The molecular weight excluding hydrogens is 694 g/mol. The number of amides is 3. The first-order valence-electron chi connectivity index (χ1n) is 16.7. The molecular formula is C36H41ClF2N10O3. The van der Waals surface area contributed by atoms with Crippen LogP contribution in [0.3, 0.4) is 0 Å². The molecule has 3 heterocycles. The number of allylic oxidation sites excluding steroid dienone is 1. The summed E-state index contributed by atoms with van der Waals surface area (Å²) >= 11 is 6.52. The van der Waals surface area contributed by atoms with Crippen LogP contribution in [0.15, 0.2) is 48.9 Å². The molecule has 52 heavy (non-hydrogen) atoms. The molecule has 0 radical (unpaired) electrons. The Labute approximate surface area is 304 Å². The van der Waals surface area contributed by atoms with Crippen LogP contribution < -0.4 is 11.1 Å². The molecule has 3 amide bonds. The van der Waals surface area contributed by atoms with Crippen molar-refractivity contribution < 1.29 is 23.2 Å². The predicted octanol–water partition coefficient (Wildman–Crippen LogP) is 4.87. The van der Waals surface area contributed by atoms with Gasteiger partial charge in [0.05, 0.1) is 34.4 Å². The minimum absolute atomic E-state index is 0.0559. The number of nitrogens with zero attached hydrogens (tertiary/aromatic N) is 6. The molecule has 1 atom stereocenters. The van der Waals surface area contributed by atoms with Crippen molar-refractivity contribution in [2.75, 3.05) is 52.1 Å². The zero-order valence-corrected chi connectivity index (χ0v) is 30.1. The van der Waals surface area contributed by atoms with Crippen LogP contribution in [0.5, 0.6) is 0 Å². The minimum atomic E-state index is -1.17. The van der Waals surface area contributed by atoms with Crippen LogP contribution in [-0.2, 0) is 11.8 Å². The van der Waals surface area contributed by atoms with Gasteiger partial charge < -0.3 is 35.7 Å². The van der Waals surface area contributed by atoms with Crippen molar-refractivity contribution in [1.82, 2.24) is 34.4 Å². The first-order chi connectivity index (χ1) is 24.9. The molecule has 2 aromatic carbocycles. The normalized spacial score (nSPS) is 14.1. The Morgan fingerprint density at radius 2 is 1.73 bits per heavy atom. The van der Waals surface area contributed by atoms with Gasteiger partial charge in [0, 0.05) is 79.5 Å². The van der Waals surface area contributed by atoms with E-state index in [0.29, 0.717) is 31.9 Å². The maximum atomic E-state index is 15.5. The third kappa shape index (κ3) is 7.75. The third-order valence-electron chi connectivity index (χ3n) is 9.21. The van der Waals surface area contributed by atoms with E-state index in [4.69, 9.17) is 22.7 Å². The summed E-state index contributed by atoms with van der Waals surface area (Å²) in [6.07, 6.45) is 6.23. The summed E-state index contributed by atoms with van der Waals surface area (Å²) in [6.45, 7) is 4.46. The topological polar surface area (TPSA) is 169 Å². The number of carbonyl (C=O) groups is 3. The number of carbonyl (C=O) groups excluding carboxylic acids is 3. The molecule has 1 unspecified atom stereocenters. The van der Waals surface area contributed by atoms with Crippen molar-refractivity contribution in [1.29, 1.82) is 5.41 Å². The number of aromatic nitrogens is 4. The zero-order valence-electron chi connectivity index (χ0n) is 29.3. The summed E-state index contributed by atoms with van der Waals surface area (Å²) in [7, 11) is 5.46. The van der Waals surface area contributed by atoms with Gasteiger partial charge in [0.1, 0.15) is 0 Å². The molecule has 5 rings (SSSR count). The van der Waals surface area contributed by atoms with E-state index in [-0.39, 0.29) is 67.8 Å². The lowest BCUT2D eigenvalue weighted by atomic mass is 9.99. The molecule has 0 bridgehead atoms. The van der Waals surface area contributed by atoms with Crippen LogP contribution in [0.4, 0.5) is 14.5 Å². The average molecular weight is 735 g/mol. The van der Waals surface area contributed by atoms with Gasteiger partial charge >= 0.3 is 0 Å². The lowest BCUT2D eigenvalue weighted by molar-refractivity contribution is -0.137. The second-order valence-corrected chi connectivity index (χ2v) is 13.1. The number of H-pyrrole nitrogens is 1. The highest BCUT2D eigenvalue weighted by molar-refractivity contribution is 6.34. The van der Waals surface area contributed by atoms with E-state index in [1.807, 2.05) is 25.9 Å². The number of nitrogens with one attached hydrogen (secondary N) is 3. The number of halogens is 3. The number of anilines is 1. The summed E-state index contributed by atoms with van der Waals surface area (Å²) in [5, 5.41) is 16.9. The first-order valence-corrected chi connectivity index (χ1v) is 17.1. The summed E-state index contributed by atoms with van der Waals surface area (Å²) < 4.78 is 32.3. The molecule has 1 aliphatic rings. The number of imidazole rings is 1. The number of hydrogen-bond donors (Lipinski definition) is 4. The first kappa shape index (κ1) is 37.8. The van der Waals surface area contributed by atoms with Gasteiger partial charge in [0.2, 0.25) is 5.91 Å². The maximum Gasteiger partial charge on any atom is 0.291 e. The van der Waals surface area contributed by atoms with Gasteiger partial charge in [-0.2, -0.15) is 5.10 Å². The smallest absolute Gasteiger partial charge is 0.291 e. The number of benzene rings is 2. The van der Waals surface area contributed by atoms with Crippen LogP contribution in [-0.4, -0.2) is 105 Å². The predicted molar refractivity (Wildman–Crippen MR) is 196 cm³/mol. The standard InChI is InChI=1S/C36H41ClF2N10O3/c1-5-21(10-11-46(2)3)35(51)48-12-14-49(15-13-48)36(52)25-7-6-23(16-28(25)37)44-34(50)33-42-20-29(47(33)4)26-9-8-24(30(38)31(26)39)27-19-43-45-32(27)22(17-40)18-41/h6-9,16-21,40H,5,10-15,41H2,1-4H3,(H,43,45)(H,44,50)/b22-18+,40-17?. The van der Waals surface area contributed by atoms with Crippen LogP contribution in [0, 0.1) is 23.0 Å². The van der Waals surface area contributed by atoms with Gasteiger partial charge in [0.25, 0.3) is 11.8 Å². The van der Waals surface area contributed by atoms with Crippen LogP contribution in [0.2, 0.25) is 5.02 Å². The molecule has 13 nitrogen and oxygen atoms in total. The van der Waals surface area contributed by atoms with Crippen molar-refractivity contribution >= 4 is 46.8 Å². The van der Waals surface area contributed by atoms with Crippen molar-refractivity contribution in [3.8, 4) is 22.4 Å². The molecule has 0 aliphatic carbocycles. The van der Waals surface area contributed by atoms with E-state index in [1.165, 1.54) is 48.3 Å². The van der Waals surface area contributed by atoms with Gasteiger partial charge in [-0.3, -0.25) is 19.5 Å². The highest BCUT2D eigenvalue weighted by Gasteiger charge is 2.30. The van der Waals surface area contributed by atoms with Gasteiger partial charge in [0.15, 0.2) is 17.5 Å². The van der Waals surface area contributed by atoms with E-state index >= 15 is 8.78 Å². The van der Waals surface area contributed by atoms with E-state index in [9.17, 15) is 14.4 Å². The Kier molecular flexibility index (Phi) is 11.9. The SMILES string of the molecule is CCC(CCN(C)C)C(=O)N1CCN(C(=O)c2ccc(NC(=O)c3ncc(-c4ccc(-c5cn[nH]c5/C(C=N)=C/N)c(F)c4F)n3C)cc2Cl)CC1. The van der Waals surface area contributed by atoms with Crippen LogP contribution >= 0.6 is 11.6 Å². The fourth-order valence-electron chi connectivity index (χ4n) is 6.17. The molecule has 4 aromatic rings. The highest BCUT2D eigenvalue weighted by Crippen LogP contribution is 2.34. The number of piperazine rings is 1. The molecule has 2 aromatic heterocycles. The minimum Gasteiger partial charge on any atom is -0.404 e. The Morgan fingerprint density at radius 3 is 2.37 bits per heavy atom. The van der Waals surface area contributed by atoms with Gasteiger partial charge in [-0.15, -0.1) is 0 Å². The quantitative estimate of drug-likeness (QED) is 0.151. The summed E-state index contributed by atoms with van der Waals surface area (Å²) in [5.74, 6) is -3.28. The van der Waals surface area contributed by atoms with Crippen molar-refractivity contribution in [3.05, 3.63) is 82.7 Å². The van der Waals surface area contributed by atoms with Gasteiger partial charge in [-0.25, -0.2) is 13.8 Å². The molecule has 1 saturated heterocycles. The second kappa shape index (κ2) is 16.3. The monoisotopic (exact) mass is 734 g/mol. The average Bonchev–Trinajstić information content (AvgIpc) is 3.77. The Hall–Kier alpha value is -5.41. The van der Waals surface area contributed by atoms with Gasteiger partial charge in [-0.1, -0.05) is 24.6 Å². The maximum absolute atomic E-state index is 15.5. The summed E-state index contributed by atoms with van der Waals surface area (Å²) in [5.41, 5.74) is 6.73. The van der Waals surface area contributed by atoms with E-state index in [2.05, 4.69) is 25.4 Å². The number of aromatic amines is 1. The molecule has 1 fully saturated rings. The second-order valence-electron chi connectivity index (χ2n) is 12.7. The molecule has 1 aliphatic heterocycles. The fourth-order valence-corrected chi connectivity index (χ4v) is 6.43. The zero-order chi connectivity index (χ0) is 37.7. The lowest BCUT2D eigenvalue weighted by Gasteiger charge is -2.36. The number of hydrogen-bond acceptors (Lipinski definition) is 8. The van der Waals surface area contributed by atoms with E-state index < -0.39 is 17.5 Å². The van der Waals surface area contributed by atoms with E-state index in [0.717, 1.165) is 31.8 Å². The third-order valence-corrected chi connectivity index (χ3v) is 9.52. The van der Waals surface area contributed by atoms with Crippen molar-refractivity contribution in [2.24, 2.45) is 18.7 Å². The largest absolute Gasteiger partial charge is 0.404 e. The summed E-state index contributed by atoms with van der Waals surface area (Å²) in [4.78, 5) is 49.4. The molecule has 0 saturated carbocycles. The highest BCUT2D eigenvalue weighted by atomic mass is 35.5. The van der Waals surface area contributed by atoms with Crippen LogP contribution in [0.25, 0.3) is 28.0 Å². The number of rotatable bonds is 12. The Balaban J connectivity index is 1.25.